The molecular formula is C16H21N5O4. The highest BCUT2D eigenvalue weighted by Crippen LogP contribution is 2.29. The molecule has 134 valence electrons. The van der Waals surface area contributed by atoms with E-state index in [2.05, 4.69) is 20.6 Å². The van der Waals surface area contributed by atoms with Gasteiger partial charge in [-0.2, -0.15) is 0 Å². The third-order valence-electron chi connectivity index (χ3n) is 4.04. The van der Waals surface area contributed by atoms with Crippen LogP contribution in [0, 0.1) is 10.1 Å². The lowest BCUT2D eigenvalue weighted by Gasteiger charge is -2.21. The Kier molecular flexibility index (Phi) is 5.65. The molecule has 0 aromatic carbocycles. The fourth-order valence-electron chi connectivity index (χ4n) is 2.70. The van der Waals surface area contributed by atoms with Crippen molar-refractivity contribution in [3.8, 4) is 0 Å². The lowest BCUT2D eigenvalue weighted by Crippen LogP contribution is -2.25. The van der Waals surface area contributed by atoms with Gasteiger partial charge >= 0.3 is 5.69 Å². The monoisotopic (exact) mass is 347 g/mol. The van der Waals surface area contributed by atoms with Crippen LogP contribution in [0.15, 0.2) is 31.0 Å². The summed E-state index contributed by atoms with van der Waals surface area (Å²) >= 11 is 0. The molecule has 0 radical (unpaired) electrons. The van der Waals surface area contributed by atoms with E-state index in [9.17, 15) is 10.1 Å². The molecule has 2 aliphatic heterocycles. The van der Waals surface area contributed by atoms with Gasteiger partial charge in [0.25, 0.3) is 0 Å². The van der Waals surface area contributed by atoms with E-state index in [0.29, 0.717) is 13.1 Å². The Labute approximate surface area is 145 Å². The van der Waals surface area contributed by atoms with Gasteiger partial charge in [-0.3, -0.25) is 10.1 Å². The summed E-state index contributed by atoms with van der Waals surface area (Å²) in [5.74, 6) is 0.371. The first kappa shape index (κ1) is 17.0. The summed E-state index contributed by atoms with van der Waals surface area (Å²) in [6.07, 6.45) is 12.1. The second kappa shape index (κ2) is 8.32. The first-order valence-electron chi connectivity index (χ1n) is 8.32. The zero-order valence-electron chi connectivity index (χ0n) is 13.8. The molecule has 0 amide bonds. The van der Waals surface area contributed by atoms with Crippen molar-refractivity contribution in [2.45, 2.75) is 37.9 Å². The van der Waals surface area contributed by atoms with Gasteiger partial charge in [0.15, 0.2) is 0 Å². The smallest absolute Gasteiger partial charge is 0.353 e. The number of ether oxygens (including phenoxy) is 2. The molecule has 2 atom stereocenters. The predicted molar refractivity (Wildman–Crippen MR) is 92.2 cm³/mol. The highest BCUT2D eigenvalue weighted by Gasteiger charge is 2.24. The summed E-state index contributed by atoms with van der Waals surface area (Å²) in [4.78, 5) is 19.1. The van der Waals surface area contributed by atoms with Gasteiger partial charge in [0.2, 0.25) is 11.6 Å². The molecule has 1 aromatic rings. The molecule has 9 nitrogen and oxygen atoms in total. The minimum atomic E-state index is -0.478. The summed E-state index contributed by atoms with van der Waals surface area (Å²) in [6, 6.07) is 0. The average molecular weight is 347 g/mol. The molecule has 0 saturated carbocycles. The van der Waals surface area contributed by atoms with Crippen LogP contribution in [-0.2, 0) is 9.47 Å². The molecule has 0 saturated heterocycles. The van der Waals surface area contributed by atoms with E-state index in [4.69, 9.17) is 9.47 Å². The van der Waals surface area contributed by atoms with Crippen LogP contribution < -0.4 is 10.6 Å². The highest BCUT2D eigenvalue weighted by molar-refractivity contribution is 5.69. The summed E-state index contributed by atoms with van der Waals surface area (Å²) in [6.45, 7) is 0.885. The van der Waals surface area contributed by atoms with Gasteiger partial charge in [0.05, 0.1) is 30.5 Å². The van der Waals surface area contributed by atoms with Crippen LogP contribution in [0.4, 0.5) is 17.3 Å². The van der Waals surface area contributed by atoms with Gasteiger partial charge in [0.1, 0.15) is 18.5 Å². The molecule has 0 bridgehead atoms. The van der Waals surface area contributed by atoms with E-state index < -0.39 is 4.92 Å². The van der Waals surface area contributed by atoms with E-state index in [1.807, 2.05) is 12.2 Å². The molecule has 2 aliphatic rings. The van der Waals surface area contributed by atoms with Gasteiger partial charge in [0, 0.05) is 0 Å². The molecule has 0 spiro atoms. The third-order valence-corrected chi connectivity index (χ3v) is 4.04. The Bertz CT molecular complexity index is 618. The second-order valence-electron chi connectivity index (χ2n) is 5.85. The lowest BCUT2D eigenvalue weighted by atomic mass is 10.1. The Hall–Kier alpha value is -2.84. The number of nitrogens with zero attached hydrogens (tertiary/aromatic N) is 3. The average Bonchev–Trinajstić information content (AvgIpc) is 2.66. The van der Waals surface area contributed by atoms with Crippen molar-refractivity contribution >= 4 is 17.3 Å². The van der Waals surface area contributed by atoms with E-state index >= 15 is 0 Å². The minimum Gasteiger partial charge on any atom is -0.497 e. The van der Waals surface area contributed by atoms with Gasteiger partial charge in [-0.1, -0.05) is 0 Å². The molecule has 0 fully saturated rings. The summed E-state index contributed by atoms with van der Waals surface area (Å²) in [7, 11) is 0. The Morgan fingerprint density at radius 1 is 1.04 bits per heavy atom. The van der Waals surface area contributed by atoms with E-state index in [0.717, 1.165) is 25.7 Å². The van der Waals surface area contributed by atoms with E-state index in [1.54, 1.807) is 12.5 Å². The van der Waals surface area contributed by atoms with E-state index in [-0.39, 0.29) is 29.5 Å². The highest BCUT2D eigenvalue weighted by atomic mass is 16.6. The number of nitro groups is 1. The Morgan fingerprint density at radius 2 is 1.56 bits per heavy atom. The molecule has 1 aromatic heterocycles. The number of nitrogens with one attached hydrogen (secondary N) is 2. The third kappa shape index (κ3) is 4.59. The van der Waals surface area contributed by atoms with Crippen LogP contribution >= 0.6 is 0 Å². The maximum Gasteiger partial charge on any atom is 0.353 e. The van der Waals surface area contributed by atoms with Crippen LogP contribution in [-0.4, -0.2) is 40.2 Å². The largest absolute Gasteiger partial charge is 0.497 e. The second-order valence-corrected chi connectivity index (χ2v) is 5.85. The standard InChI is InChI=1S/C16H21N5O4/c22-21(23)14-15(17-9-12-5-1-3-7-24-12)19-11-20-16(14)18-10-13-6-2-4-8-25-13/h3-4,7-8,11-13H,1-2,5-6,9-10H2,(H2,17,18,19,20). The topological polar surface area (TPSA) is 111 Å². The fourth-order valence-corrected chi connectivity index (χ4v) is 2.70. The number of allylic oxidation sites excluding steroid dienone is 2. The zero-order chi connectivity index (χ0) is 17.5. The van der Waals surface area contributed by atoms with Crippen molar-refractivity contribution in [2.24, 2.45) is 0 Å². The molecule has 3 heterocycles. The van der Waals surface area contributed by atoms with Crippen LogP contribution in [0.5, 0.6) is 0 Å². The zero-order valence-corrected chi connectivity index (χ0v) is 13.8. The van der Waals surface area contributed by atoms with E-state index in [1.165, 1.54) is 6.33 Å². The summed E-state index contributed by atoms with van der Waals surface area (Å²) < 4.78 is 10.9. The van der Waals surface area contributed by atoms with Crippen LogP contribution in [0.1, 0.15) is 25.7 Å². The van der Waals surface area contributed by atoms with Crippen molar-refractivity contribution in [3.05, 3.63) is 41.1 Å². The van der Waals surface area contributed by atoms with Gasteiger partial charge in [-0.05, 0) is 37.8 Å². The van der Waals surface area contributed by atoms with Crippen molar-refractivity contribution in [3.63, 3.8) is 0 Å². The molecule has 3 rings (SSSR count). The van der Waals surface area contributed by atoms with Crippen LogP contribution in [0.3, 0.4) is 0 Å². The quantitative estimate of drug-likeness (QED) is 0.572. The fraction of sp³-hybridized carbons (Fsp3) is 0.500. The van der Waals surface area contributed by atoms with Gasteiger partial charge in [-0.25, -0.2) is 9.97 Å². The molecular weight excluding hydrogens is 326 g/mol. The number of rotatable bonds is 7. The first-order chi connectivity index (χ1) is 12.2. The number of hydrogen-bond acceptors (Lipinski definition) is 8. The molecule has 2 N–H and O–H groups in total. The number of aromatic nitrogens is 2. The molecule has 25 heavy (non-hydrogen) atoms. The molecule has 0 aliphatic carbocycles. The van der Waals surface area contributed by atoms with Crippen molar-refractivity contribution in [1.29, 1.82) is 0 Å². The minimum absolute atomic E-state index is 0.0293. The lowest BCUT2D eigenvalue weighted by molar-refractivity contribution is -0.383. The summed E-state index contributed by atoms with van der Waals surface area (Å²) in [5, 5.41) is 17.5. The maximum absolute atomic E-state index is 11.5. The van der Waals surface area contributed by atoms with Crippen LogP contribution in [0.2, 0.25) is 0 Å². The predicted octanol–water partition coefficient (Wildman–Crippen LogP) is 2.59. The maximum atomic E-state index is 11.5. The number of hydrogen-bond donors (Lipinski definition) is 2. The molecule has 9 heteroatoms. The van der Waals surface area contributed by atoms with Crippen molar-refractivity contribution < 1.29 is 14.4 Å². The van der Waals surface area contributed by atoms with Gasteiger partial charge in [-0.15, -0.1) is 0 Å². The van der Waals surface area contributed by atoms with Crippen molar-refractivity contribution in [2.75, 3.05) is 23.7 Å². The molecule has 2 unspecified atom stereocenters. The van der Waals surface area contributed by atoms with Crippen LogP contribution in [0.25, 0.3) is 0 Å². The Morgan fingerprint density at radius 3 is 1.96 bits per heavy atom. The Balaban J connectivity index is 1.66. The SMILES string of the molecule is O=[N+]([O-])c1c(NCC2CCC=CO2)ncnc1NCC1CCC=CO1. The summed E-state index contributed by atoms with van der Waals surface area (Å²) in [5.41, 5.74) is -0.166. The van der Waals surface area contributed by atoms with Gasteiger partial charge < -0.3 is 20.1 Å². The normalized spacial score (nSPS) is 21.9. The number of anilines is 2. The van der Waals surface area contributed by atoms with Crippen molar-refractivity contribution in [1.82, 2.24) is 9.97 Å². The first-order valence-corrected chi connectivity index (χ1v) is 8.32.